The summed E-state index contributed by atoms with van der Waals surface area (Å²) in [5.74, 6) is 0.912. The highest BCUT2D eigenvalue weighted by molar-refractivity contribution is 5.81. The van der Waals surface area contributed by atoms with Crippen LogP contribution >= 0.6 is 0 Å². The van der Waals surface area contributed by atoms with E-state index in [0.717, 1.165) is 52.1 Å². The maximum atomic E-state index is 12.4. The molecule has 1 N–H and O–H groups in total. The van der Waals surface area contributed by atoms with E-state index < -0.39 is 0 Å². The fourth-order valence-corrected chi connectivity index (χ4v) is 2.99. The Balaban J connectivity index is 1.80. The molecule has 2 heterocycles. The van der Waals surface area contributed by atoms with E-state index in [1.807, 2.05) is 11.9 Å². The van der Waals surface area contributed by atoms with Crippen molar-refractivity contribution in [1.82, 2.24) is 15.1 Å². The van der Waals surface area contributed by atoms with Gasteiger partial charge >= 0.3 is 0 Å². The number of piperidine rings is 1. The molecule has 2 aliphatic rings. The molecule has 5 nitrogen and oxygen atoms in total. The summed E-state index contributed by atoms with van der Waals surface area (Å²) in [5.41, 5.74) is 0. The Bertz CT molecular complexity index is 290. The fourth-order valence-electron chi connectivity index (χ4n) is 2.99. The van der Waals surface area contributed by atoms with Gasteiger partial charge in [-0.25, -0.2) is 0 Å². The molecule has 0 spiro atoms. The standard InChI is InChI=1S/C14H27N3O2/c1-3-16-8-9-19-13(11-16)14(18)17-6-4-12(5-7-17)10-15-2/h12-13,15H,3-11H2,1-2H3. The van der Waals surface area contributed by atoms with E-state index in [1.165, 1.54) is 0 Å². The van der Waals surface area contributed by atoms with Gasteiger partial charge in [-0.3, -0.25) is 9.69 Å². The third-order valence-electron chi connectivity index (χ3n) is 4.29. The quantitative estimate of drug-likeness (QED) is 0.790. The summed E-state index contributed by atoms with van der Waals surface area (Å²) in [6.45, 7) is 8.35. The number of amides is 1. The molecule has 1 unspecified atom stereocenters. The van der Waals surface area contributed by atoms with Gasteiger partial charge in [0.25, 0.3) is 5.91 Å². The SMILES string of the molecule is CCN1CCOC(C(=O)N2CCC(CNC)CC2)C1. The molecule has 5 heteroatoms. The molecular formula is C14H27N3O2. The molecule has 0 aromatic carbocycles. The van der Waals surface area contributed by atoms with Gasteiger partial charge in [0.15, 0.2) is 0 Å². The highest BCUT2D eigenvalue weighted by atomic mass is 16.5. The molecule has 110 valence electrons. The maximum absolute atomic E-state index is 12.4. The van der Waals surface area contributed by atoms with Gasteiger partial charge in [-0.05, 0) is 38.9 Å². The van der Waals surface area contributed by atoms with Crippen LogP contribution in [0.4, 0.5) is 0 Å². The molecule has 0 radical (unpaired) electrons. The summed E-state index contributed by atoms with van der Waals surface area (Å²) in [6, 6.07) is 0. The molecule has 2 saturated heterocycles. The van der Waals surface area contributed by atoms with Crippen molar-refractivity contribution in [3.05, 3.63) is 0 Å². The van der Waals surface area contributed by atoms with E-state index >= 15 is 0 Å². The van der Waals surface area contributed by atoms with Crippen molar-refractivity contribution in [3.8, 4) is 0 Å². The third-order valence-corrected chi connectivity index (χ3v) is 4.29. The first-order valence-corrected chi connectivity index (χ1v) is 7.52. The van der Waals surface area contributed by atoms with Crippen LogP contribution in [0.15, 0.2) is 0 Å². The van der Waals surface area contributed by atoms with Gasteiger partial charge < -0.3 is 15.0 Å². The molecule has 19 heavy (non-hydrogen) atoms. The number of nitrogens with zero attached hydrogens (tertiary/aromatic N) is 2. The first kappa shape index (κ1) is 14.8. The number of nitrogens with one attached hydrogen (secondary N) is 1. The molecular weight excluding hydrogens is 242 g/mol. The smallest absolute Gasteiger partial charge is 0.253 e. The minimum absolute atomic E-state index is 0.195. The number of carbonyl (C=O) groups is 1. The molecule has 0 saturated carbocycles. The molecule has 0 bridgehead atoms. The molecule has 1 atom stereocenters. The van der Waals surface area contributed by atoms with Crippen LogP contribution < -0.4 is 5.32 Å². The Hall–Kier alpha value is -0.650. The second kappa shape index (κ2) is 7.22. The third kappa shape index (κ3) is 3.91. The van der Waals surface area contributed by atoms with Crippen molar-refractivity contribution in [2.45, 2.75) is 25.9 Å². The summed E-state index contributed by atoms with van der Waals surface area (Å²) < 4.78 is 5.65. The zero-order chi connectivity index (χ0) is 13.7. The number of hydrogen-bond acceptors (Lipinski definition) is 4. The zero-order valence-electron chi connectivity index (χ0n) is 12.2. The Kier molecular flexibility index (Phi) is 5.60. The average Bonchev–Trinajstić information content (AvgIpc) is 2.48. The first-order valence-electron chi connectivity index (χ1n) is 7.52. The van der Waals surface area contributed by atoms with Crippen LogP contribution in [-0.2, 0) is 9.53 Å². The number of rotatable bonds is 4. The van der Waals surface area contributed by atoms with Gasteiger partial charge in [0.2, 0.25) is 0 Å². The van der Waals surface area contributed by atoms with Gasteiger partial charge in [0.1, 0.15) is 6.10 Å². The minimum Gasteiger partial charge on any atom is -0.366 e. The summed E-state index contributed by atoms with van der Waals surface area (Å²) in [5, 5.41) is 3.22. The van der Waals surface area contributed by atoms with Crippen molar-refractivity contribution < 1.29 is 9.53 Å². The van der Waals surface area contributed by atoms with Crippen molar-refractivity contribution in [1.29, 1.82) is 0 Å². The van der Waals surface area contributed by atoms with Gasteiger partial charge in [0, 0.05) is 26.2 Å². The lowest BCUT2D eigenvalue weighted by molar-refractivity contribution is -0.150. The van der Waals surface area contributed by atoms with Gasteiger partial charge in [0.05, 0.1) is 6.61 Å². The number of hydrogen-bond donors (Lipinski definition) is 1. The van der Waals surface area contributed by atoms with Gasteiger partial charge in [-0.15, -0.1) is 0 Å². The predicted molar refractivity (Wildman–Crippen MR) is 75.1 cm³/mol. The van der Waals surface area contributed by atoms with Crippen molar-refractivity contribution in [2.24, 2.45) is 5.92 Å². The lowest BCUT2D eigenvalue weighted by Gasteiger charge is -2.37. The zero-order valence-corrected chi connectivity index (χ0v) is 12.2. The van der Waals surface area contributed by atoms with Crippen LogP contribution in [0.3, 0.4) is 0 Å². The van der Waals surface area contributed by atoms with Crippen LogP contribution in [0, 0.1) is 5.92 Å². The Labute approximate surface area is 116 Å². The van der Waals surface area contributed by atoms with Crippen LogP contribution in [0.25, 0.3) is 0 Å². The summed E-state index contributed by atoms with van der Waals surface area (Å²) in [4.78, 5) is 16.7. The Morgan fingerprint density at radius 3 is 2.68 bits per heavy atom. The molecule has 1 amide bonds. The second-order valence-corrected chi connectivity index (χ2v) is 5.58. The Morgan fingerprint density at radius 2 is 2.05 bits per heavy atom. The van der Waals surface area contributed by atoms with Crippen LogP contribution in [-0.4, -0.2) is 74.7 Å². The first-order chi connectivity index (χ1) is 9.24. The van der Waals surface area contributed by atoms with Crippen molar-refractivity contribution in [3.63, 3.8) is 0 Å². The number of carbonyl (C=O) groups excluding carboxylic acids is 1. The lowest BCUT2D eigenvalue weighted by atomic mass is 9.96. The van der Waals surface area contributed by atoms with Crippen LogP contribution in [0.5, 0.6) is 0 Å². The predicted octanol–water partition coefficient (Wildman–Crippen LogP) is 0.165. The number of likely N-dealkylation sites (N-methyl/N-ethyl adjacent to an activating group) is 1. The lowest BCUT2D eigenvalue weighted by Crippen LogP contribution is -2.52. The van der Waals surface area contributed by atoms with Crippen molar-refractivity contribution in [2.75, 3.05) is 52.9 Å². The molecule has 2 aliphatic heterocycles. The topological polar surface area (TPSA) is 44.8 Å². The maximum Gasteiger partial charge on any atom is 0.253 e. The fraction of sp³-hybridized carbons (Fsp3) is 0.929. The van der Waals surface area contributed by atoms with Crippen molar-refractivity contribution >= 4 is 5.91 Å². The summed E-state index contributed by atoms with van der Waals surface area (Å²) in [6.07, 6.45) is 1.97. The molecule has 0 aliphatic carbocycles. The normalized spacial score (nSPS) is 26.6. The van der Waals surface area contributed by atoms with E-state index in [-0.39, 0.29) is 12.0 Å². The number of morpholine rings is 1. The average molecular weight is 269 g/mol. The molecule has 2 fully saturated rings. The van der Waals surface area contributed by atoms with Crippen LogP contribution in [0.2, 0.25) is 0 Å². The van der Waals surface area contributed by atoms with E-state index in [2.05, 4.69) is 17.1 Å². The molecule has 2 rings (SSSR count). The van der Waals surface area contributed by atoms with Gasteiger partial charge in [-0.2, -0.15) is 0 Å². The van der Waals surface area contributed by atoms with E-state index in [9.17, 15) is 4.79 Å². The minimum atomic E-state index is -0.241. The highest BCUT2D eigenvalue weighted by Crippen LogP contribution is 2.18. The number of ether oxygens (including phenoxy) is 1. The van der Waals surface area contributed by atoms with E-state index in [0.29, 0.717) is 12.5 Å². The highest BCUT2D eigenvalue weighted by Gasteiger charge is 2.31. The second-order valence-electron chi connectivity index (χ2n) is 5.58. The number of likely N-dealkylation sites (tertiary alicyclic amines) is 1. The van der Waals surface area contributed by atoms with E-state index in [1.54, 1.807) is 0 Å². The molecule has 0 aromatic heterocycles. The summed E-state index contributed by atoms with van der Waals surface area (Å²) >= 11 is 0. The van der Waals surface area contributed by atoms with E-state index in [4.69, 9.17) is 4.74 Å². The summed E-state index contributed by atoms with van der Waals surface area (Å²) in [7, 11) is 1.99. The van der Waals surface area contributed by atoms with Crippen LogP contribution in [0.1, 0.15) is 19.8 Å². The van der Waals surface area contributed by atoms with Gasteiger partial charge in [-0.1, -0.05) is 6.92 Å². The largest absolute Gasteiger partial charge is 0.366 e. The molecule has 0 aromatic rings. The Morgan fingerprint density at radius 1 is 1.32 bits per heavy atom. The monoisotopic (exact) mass is 269 g/mol.